The van der Waals surface area contributed by atoms with Gasteiger partial charge in [-0.05, 0) is 60.2 Å². The van der Waals surface area contributed by atoms with E-state index in [0.29, 0.717) is 68.6 Å². The fraction of sp³-hybridized carbons (Fsp3) is 0.432. The number of phenolic OH excluding ortho intramolecular Hbond substituents is 1. The van der Waals surface area contributed by atoms with Crippen LogP contribution >= 0.6 is 0 Å². The van der Waals surface area contributed by atoms with Gasteiger partial charge in [0.1, 0.15) is 11.6 Å². The van der Waals surface area contributed by atoms with E-state index in [-0.39, 0.29) is 23.8 Å². The first-order valence-corrected chi connectivity index (χ1v) is 16.9. The zero-order valence-electron chi connectivity index (χ0n) is 28.1. The van der Waals surface area contributed by atoms with E-state index in [1.165, 1.54) is 23.3 Å². The van der Waals surface area contributed by atoms with Crippen LogP contribution in [0.1, 0.15) is 42.1 Å². The molecular formula is C37H48N6O6. The van der Waals surface area contributed by atoms with Gasteiger partial charge in [-0.1, -0.05) is 36.4 Å². The van der Waals surface area contributed by atoms with Crippen molar-refractivity contribution in [1.29, 1.82) is 0 Å². The smallest absolute Gasteiger partial charge is 0.248 e. The molecule has 1 aliphatic heterocycles. The van der Waals surface area contributed by atoms with Crippen molar-refractivity contribution in [3.63, 3.8) is 0 Å². The van der Waals surface area contributed by atoms with Crippen molar-refractivity contribution < 1.29 is 24.9 Å². The number of nitrogens with zero attached hydrogens (tertiary/aromatic N) is 3. The van der Waals surface area contributed by atoms with E-state index < -0.39 is 11.7 Å². The van der Waals surface area contributed by atoms with Gasteiger partial charge in [0.25, 0.3) is 0 Å². The molecule has 1 amide bonds. The van der Waals surface area contributed by atoms with Crippen LogP contribution in [0.3, 0.4) is 0 Å². The molecule has 1 fully saturated rings. The fourth-order valence-electron chi connectivity index (χ4n) is 6.01. The number of fused-ring (bicyclic) bond motifs is 1. The largest absolute Gasteiger partial charge is 0.506 e. The lowest BCUT2D eigenvalue weighted by molar-refractivity contribution is -0.131. The summed E-state index contributed by atoms with van der Waals surface area (Å²) in [4.78, 5) is 35.1. The number of aliphatic hydroxyl groups excluding tert-OH is 1. The Hall–Kier alpha value is -4.33. The van der Waals surface area contributed by atoms with E-state index in [2.05, 4.69) is 49.8 Å². The third kappa shape index (κ3) is 10.6. The number of aromatic nitrogens is 2. The quantitative estimate of drug-likeness (QED) is 0.0920. The molecule has 49 heavy (non-hydrogen) atoms. The van der Waals surface area contributed by atoms with Crippen LogP contribution in [0.5, 0.6) is 5.75 Å². The Bertz CT molecular complexity index is 1690. The van der Waals surface area contributed by atoms with Crippen LogP contribution in [0, 0.1) is 0 Å². The van der Waals surface area contributed by atoms with Crippen molar-refractivity contribution in [2.75, 3.05) is 64.8 Å². The first-order chi connectivity index (χ1) is 23.7. The maximum Gasteiger partial charge on any atom is 0.248 e. The number of ether oxygens (including phenoxy) is 1. The minimum atomic E-state index is -0.857. The maximum atomic E-state index is 12.6. The summed E-state index contributed by atoms with van der Waals surface area (Å²) in [5, 5.41) is 38.7. The number of carbonyl (C=O) groups excluding carboxylic acids is 1. The Kier molecular flexibility index (Phi) is 12.7. The third-order valence-electron chi connectivity index (χ3n) is 9.13. The Balaban J connectivity index is 0.919. The molecule has 12 heteroatoms. The number of aromatic hydroxyl groups is 1. The first-order valence-electron chi connectivity index (χ1n) is 16.9. The number of carbonyl (C=O) groups is 1. The normalized spacial score (nSPS) is 15.2. The van der Waals surface area contributed by atoms with Gasteiger partial charge < -0.3 is 40.6 Å². The number of likely N-dealkylation sites (tertiary alicyclic amines) is 1. The molecule has 4 aromatic rings. The number of amides is 1. The number of aliphatic hydroxyl groups is 2. The van der Waals surface area contributed by atoms with Gasteiger partial charge in [-0.25, -0.2) is 4.98 Å². The second-order valence-corrected chi connectivity index (χ2v) is 12.8. The van der Waals surface area contributed by atoms with Crippen molar-refractivity contribution in [3.05, 3.63) is 100.0 Å². The molecular weight excluding hydrogens is 624 g/mol. The maximum absolute atomic E-state index is 12.6. The Labute approximate surface area is 286 Å². The molecule has 2 aromatic carbocycles. The lowest BCUT2D eigenvalue weighted by atomic mass is 9.91. The predicted molar refractivity (Wildman–Crippen MR) is 189 cm³/mol. The number of anilines is 1. The molecule has 6 N–H and O–H groups in total. The molecule has 0 bridgehead atoms. The van der Waals surface area contributed by atoms with E-state index in [0.717, 1.165) is 31.9 Å². The van der Waals surface area contributed by atoms with Crippen LogP contribution in [0.15, 0.2) is 77.7 Å². The van der Waals surface area contributed by atoms with Gasteiger partial charge >= 0.3 is 0 Å². The minimum absolute atomic E-state index is 0.0131. The highest BCUT2D eigenvalue weighted by Gasteiger charge is 2.32. The molecule has 5 rings (SSSR count). The zero-order valence-corrected chi connectivity index (χ0v) is 28.1. The molecule has 0 aliphatic carbocycles. The molecule has 0 radical (unpaired) electrons. The number of piperidine rings is 1. The lowest BCUT2D eigenvalue weighted by Gasteiger charge is -2.38. The number of hydrogen-bond acceptors (Lipinski definition) is 10. The van der Waals surface area contributed by atoms with Crippen molar-refractivity contribution in [2.24, 2.45) is 0 Å². The highest BCUT2D eigenvalue weighted by atomic mass is 16.5. The lowest BCUT2D eigenvalue weighted by Crippen LogP contribution is -2.48. The number of hydrogen-bond donors (Lipinski definition) is 6. The van der Waals surface area contributed by atoms with E-state index in [1.54, 1.807) is 30.3 Å². The van der Waals surface area contributed by atoms with Gasteiger partial charge in [0.2, 0.25) is 11.5 Å². The molecule has 3 heterocycles. The van der Waals surface area contributed by atoms with Gasteiger partial charge in [0.05, 0.1) is 36.9 Å². The Morgan fingerprint density at radius 2 is 1.84 bits per heavy atom. The SMILES string of the molecule is CN(CCNC[C@H](O)c1ccc(O)c2[nH]c(=O)ccc12)C(=O)CCOCCc1ccc(CN2CCC(O)(CNc3ccccn3)CC2)cc1. The standard InChI is InChI=1S/C37H48N6O6/c1-42(21-18-38-24-32(45)29-9-11-31(44)36-30(29)10-12-34(46)41-36)35(47)14-23-49-22-13-27-5-7-28(8-6-27)25-43-19-15-37(48,16-20-43)26-40-33-4-2-3-17-39-33/h2-12,17,32,38,44-45,48H,13-16,18-26H2,1H3,(H,39,40)(H,41,46)/t32-/m0/s1. The average molecular weight is 673 g/mol. The number of aromatic amines is 1. The second kappa shape index (κ2) is 17.4. The summed E-state index contributed by atoms with van der Waals surface area (Å²) < 4.78 is 5.76. The van der Waals surface area contributed by atoms with Gasteiger partial charge in [-0.15, -0.1) is 0 Å². The van der Waals surface area contributed by atoms with Crippen molar-refractivity contribution >= 4 is 22.6 Å². The fourth-order valence-corrected chi connectivity index (χ4v) is 6.01. The molecule has 0 spiro atoms. The Morgan fingerprint density at radius 1 is 1.06 bits per heavy atom. The summed E-state index contributed by atoms with van der Waals surface area (Å²) >= 11 is 0. The van der Waals surface area contributed by atoms with Crippen LogP contribution in [-0.4, -0.2) is 106 Å². The number of phenols is 1. The molecule has 12 nitrogen and oxygen atoms in total. The molecule has 1 atom stereocenters. The van der Waals surface area contributed by atoms with E-state index >= 15 is 0 Å². The molecule has 262 valence electrons. The van der Waals surface area contributed by atoms with Gasteiger partial charge in [-0.3, -0.25) is 14.5 Å². The summed E-state index contributed by atoms with van der Waals surface area (Å²) in [6.07, 6.45) is 3.37. The second-order valence-electron chi connectivity index (χ2n) is 12.8. The number of H-pyrrole nitrogens is 1. The highest BCUT2D eigenvalue weighted by Crippen LogP contribution is 2.28. The average Bonchev–Trinajstić information content (AvgIpc) is 3.11. The number of pyridine rings is 2. The molecule has 0 unspecified atom stereocenters. The number of nitrogens with one attached hydrogen (secondary N) is 3. The molecule has 1 aliphatic rings. The van der Waals surface area contributed by atoms with Crippen molar-refractivity contribution in [1.82, 2.24) is 25.1 Å². The van der Waals surface area contributed by atoms with Crippen molar-refractivity contribution in [3.8, 4) is 5.75 Å². The third-order valence-corrected chi connectivity index (χ3v) is 9.13. The first kappa shape index (κ1) is 36.0. The van der Waals surface area contributed by atoms with Gasteiger partial charge in [0.15, 0.2) is 0 Å². The number of benzene rings is 2. The molecule has 2 aromatic heterocycles. The summed E-state index contributed by atoms with van der Waals surface area (Å²) in [7, 11) is 1.75. The zero-order chi connectivity index (χ0) is 34.6. The highest BCUT2D eigenvalue weighted by molar-refractivity contribution is 5.87. The number of likely N-dealkylation sites (N-methyl/N-ethyl adjacent to an activating group) is 1. The summed E-state index contributed by atoms with van der Waals surface area (Å²) in [5.74, 6) is 0.715. The van der Waals surface area contributed by atoms with E-state index in [1.807, 2.05) is 18.2 Å². The molecule has 1 saturated heterocycles. The van der Waals surface area contributed by atoms with Crippen LogP contribution in [0.25, 0.3) is 10.9 Å². The van der Waals surface area contributed by atoms with E-state index in [9.17, 15) is 24.9 Å². The van der Waals surface area contributed by atoms with Crippen LogP contribution in [-0.2, 0) is 22.5 Å². The Morgan fingerprint density at radius 3 is 2.59 bits per heavy atom. The molecule has 0 saturated carbocycles. The van der Waals surface area contributed by atoms with Crippen LogP contribution in [0.4, 0.5) is 5.82 Å². The predicted octanol–water partition coefficient (Wildman–Crippen LogP) is 2.80. The van der Waals surface area contributed by atoms with E-state index in [4.69, 9.17) is 4.74 Å². The monoisotopic (exact) mass is 672 g/mol. The van der Waals surface area contributed by atoms with Gasteiger partial charge in [-0.2, -0.15) is 0 Å². The van der Waals surface area contributed by atoms with Crippen LogP contribution in [0.2, 0.25) is 0 Å². The number of rotatable bonds is 17. The van der Waals surface area contributed by atoms with Gasteiger partial charge in [0, 0.05) is 70.5 Å². The summed E-state index contributed by atoms with van der Waals surface area (Å²) in [5.41, 5.74) is 2.25. The van der Waals surface area contributed by atoms with Crippen LogP contribution < -0.4 is 16.2 Å². The minimum Gasteiger partial charge on any atom is -0.506 e. The summed E-state index contributed by atoms with van der Waals surface area (Å²) in [6, 6.07) is 20.3. The van der Waals surface area contributed by atoms with Crippen molar-refractivity contribution in [2.45, 2.75) is 43.9 Å². The summed E-state index contributed by atoms with van der Waals surface area (Å²) in [6.45, 7) is 5.13. The topological polar surface area (TPSA) is 163 Å².